The van der Waals surface area contributed by atoms with Crippen molar-refractivity contribution in [3.63, 3.8) is 0 Å². The van der Waals surface area contributed by atoms with Crippen LogP contribution in [0.1, 0.15) is 17.0 Å². The highest BCUT2D eigenvalue weighted by Crippen LogP contribution is 2.12. The van der Waals surface area contributed by atoms with Gasteiger partial charge in [-0.3, -0.25) is 0 Å². The minimum atomic E-state index is -3.64. The summed E-state index contributed by atoms with van der Waals surface area (Å²) in [6.45, 7) is 4.27. The molecule has 0 unspecified atom stereocenters. The first-order chi connectivity index (χ1) is 13.3. The van der Waals surface area contributed by atoms with Crippen LogP contribution in [0.4, 0.5) is 10.2 Å². The Bertz CT molecular complexity index is 1070. The normalized spacial score (nSPS) is 11.5. The van der Waals surface area contributed by atoms with Gasteiger partial charge in [-0.05, 0) is 26.0 Å². The molecule has 0 aliphatic heterocycles. The van der Waals surface area contributed by atoms with E-state index in [1.807, 2.05) is 19.9 Å². The summed E-state index contributed by atoms with van der Waals surface area (Å²) in [5, 5.41) is 7.41. The molecule has 0 spiro atoms. The number of nitrogens with one attached hydrogen (secondary N) is 2. The SMILES string of the molecule is Cc1cc(C)n(-c2cc(NCCNS(=O)(=O)Cc3ccccc3F)ncn2)n1. The van der Waals surface area contributed by atoms with Crippen molar-refractivity contribution in [2.45, 2.75) is 19.6 Å². The molecule has 2 heterocycles. The van der Waals surface area contributed by atoms with E-state index < -0.39 is 21.6 Å². The molecule has 3 rings (SSSR count). The van der Waals surface area contributed by atoms with Crippen LogP contribution in [-0.2, 0) is 15.8 Å². The summed E-state index contributed by atoms with van der Waals surface area (Å²) in [5.74, 6) is 0.215. The number of hydrogen-bond acceptors (Lipinski definition) is 6. The number of benzene rings is 1. The highest BCUT2D eigenvalue weighted by molar-refractivity contribution is 7.88. The maximum atomic E-state index is 13.6. The quantitative estimate of drug-likeness (QED) is 0.557. The average molecular weight is 404 g/mol. The van der Waals surface area contributed by atoms with Gasteiger partial charge in [0, 0.05) is 30.4 Å². The van der Waals surface area contributed by atoms with E-state index in [0.29, 0.717) is 18.2 Å². The van der Waals surface area contributed by atoms with Crippen molar-refractivity contribution in [3.8, 4) is 5.82 Å². The van der Waals surface area contributed by atoms with E-state index in [0.717, 1.165) is 11.4 Å². The molecule has 0 aliphatic rings. The highest BCUT2D eigenvalue weighted by atomic mass is 32.2. The van der Waals surface area contributed by atoms with Gasteiger partial charge < -0.3 is 5.32 Å². The van der Waals surface area contributed by atoms with Crippen LogP contribution in [0.25, 0.3) is 5.82 Å². The van der Waals surface area contributed by atoms with Crippen molar-refractivity contribution in [2.24, 2.45) is 0 Å². The van der Waals surface area contributed by atoms with Gasteiger partial charge in [0.25, 0.3) is 0 Å². The molecule has 0 amide bonds. The second-order valence-corrected chi connectivity index (χ2v) is 8.08. The number of aryl methyl sites for hydroxylation is 2. The first-order valence-electron chi connectivity index (χ1n) is 8.64. The van der Waals surface area contributed by atoms with Crippen molar-refractivity contribution in [1.82, 2.24) is 24.5 Å². The molecule has 10 heteroatoms. The molecule has 2 aromatic heterocycles. The zero-order chi connectivity index (χ0) is 20.1. The number of rotatable bonds is 8. The van der Waals surface area contributed by atoms with Crippen molar-refractivity contribution in [1.29, 1.82) is 0 Å². The molecule has 0 aliphatic carbocycles. The number of hydrogen-bond donors (Lipinski definition) is 2. The molecule has 0 saturated carbocycles. The third-order valence-corrected chi connectivity index (χ3v) is 5.27. The summed E-state index contributed by atoms with van der Waals surface area (Å²) >= 11 is 0. The molecule has 148 valence electrons. The molecule has 0 saturated heterocycles. The zero-order valence-electron chi connectivity index (χ0n) is 15.6. The second-order valence-electron chi connectivity index (χ2n) is 6.27. The van der Waals surface area contributed by atoms with Gasteiger partial charge in [-0.2, -0.15) is 5.10 Å². The summed E-state index contributed by atoms with van der Waals surface area (Å²) in [4.78, 5) is 8.33. The van der Waals surface area contributed by atoms with E-state index in [2.05, 4.69) is 25.1 Å². The molecule has 0 atom stereocenters. The highest BCUT2D eigenvalue weighted by Gasteiger charge is 2.13. The third kappa shape index (κ3) is 5.11. The number of nitrogens with zero attached hydrogens (tertiary/aromatic N) is 4. The van der Waals surface area contributed by atoms with E-state index in [9.17, 15) is 12.8 Å². The predicted molar refractivity (Wildman–Crippen MR) is 104 cm³/mol. The monoisotopic (exact) mass is 404 g/mol. The molecule has 8 nitrogen and oxygen atoms in total. The van der Waals surface area contributed by atoms with Crippen LogP contribution in [0.2, 0.25) is 0 Å². The third-order valence-electron chi connectivity index (χ3n) is 3.94. The molecule has 2 N–H and O–H groups in total. The Hall–Kier alpha value is -2.85. The van der Waals surface area contributed by atoms with Crippen LogP contribution in [0.3, 0.4) is 0 Å². The van der Waals surface area contributed by atoms with Crippen LogP contribution >= 0.6 is 0 Å². The molecule has 0 bridgehead atoms. The number of halogens is 1. The molecule has 3 aromatic rings. The smallest absolute Gasteiger partial charge is 0.215 e. The lowest BCUT2D eigenvalue weighted by Crippen LogP contribution is -2.30. The van der Waals surface area contributed by atoms with Gasteiger partial charge in [-0.15, -0.1) is 0 Å². The maximum absolute atomic E-state index is 13.6. The topological polar surface area (TPSA) is 102 Å². The van der Waals surface area contributed by atoms with E-state index in [-0.39, 0.29) is 12.1 Å². The average Bonchev–Trinajstić information content (AvgIpc) is 2.99. The number of anilines is 1. The second kappa shape index (κ2) is 8.44. The Morgan fingerprint density at radius 3 is 2.61 bits per heavy atom. The molecular weight excluding hydrogens is 383 g/mol. The summed E-state index contributed by atoms with van der Waals surface area (Å²) in [6.07, 6.45) is 1.41. The Labute approximate surface area is 162 Å². The van der Waals surface area contributed by atoms with Gasteiger partial charge in [0.1, 0.15) is 18.0 Å². The van der Waals surface area contributed by atoms with Crippen LogP contribution in [-0.4, -0.2) is 41.3 Å². The molecule has 0 radical (unpaired) electrons. The fourth-order valence-electron chi connectivity index (χ4n) is 2.69. The first-order valence-corrected chi connectivity index (χ1v) is 10.3. The van der Waals surface area contributed by atoms with Crippen molar-refractivity contribution >= 4 is 15.8 Å². The summed E-state index contributed by atoms with van der Waals surface area (Å²) in [7, 11) is -3.64. The van der Waals surface area contributed by atoms with Gasteiger partial charge in [0.2, 0.25) is 10.0 Å². The van der Waals surface area contributed by atoms with E-state index in [1.165, 1.54) is 24.5 Å². The lowest BCUT2D eigenvalue weighted by Gasteiger charge is -2.10. The van der Waals surface area contributed by atoms with Gasteiger partial charge in [0.15, 0.2) is 5.82 Å². The Kier molecular flexibility index (Phi) is 6.00. The largest absolute Gasteiger partial charge is 0.369 e. The van der Waals surface area contributed by atoms with Crippen molar-refractivity contribution < 1.29 is 12.8 Å². The Morgan fingerprint density at radius 1 is 1.11 bits per heavy atom. The van der Waals surface area contributed by atoms with Gasteiger partial charge >= 0.3 is 0 Å². The van der Waals surface area contributed by atoms with Crippen molar-refractivity contribution in [2.75, 3.05) is 18.4 Å². The van der Waals surface area contributed by atoms with Crippen molar-refractivity contribution in [3.05, 3.63) is 65.5 Å². The Morgan fingerprint density at radius 2 is 1.89 bits per heavy atom. The number of aromatic nitrogens is 4. The van der Waals surface area contributed by atoms with Crippen LogP contribution in [0.5, 0.6) is 0 Å². The molecule has 0 fully saturated rings. The minimum Gasteiger partial charge on any atom is -0.369 e. The van der Waals surface area contributed by atoms with Crippen LogP contribution < -0.4 is 10.0 Å². The molecule has 28 heavy (non-hydrogen) atoms. The molecular formula is C18H21FN6O2S. The van der Waals surface area contributed by atoms with Crippen LogP contribution in [0.15, 0.2) is 42.7 Å². The maximum Gasteiger partial charge on any atom is 0.215 e. The lowest BCUT2D eigenvalue weighted by molar-refractivity contribution is 0.575. The number of sulfonamides is 1. The fraction of sp³-hybridized carbons (Fsp3) is 0.278. The first kappa shape index (κ1) is 19.9. The summed E-state index contributed by atoms with van der Waals surface area (Å²) in [6, 6.07) is 9.48. The van der Waals surface area contributed by atoms with Gasteiger partial charge in [-0.1, -0.05) is 18.2 Å². The van der Waals surface area contributed by atoms with Crippen LogP contribution in [0, 0.1) is 19.7 Å². The zero-order valence-corrected chi connectivity index (χ0v) is 16.4. The fourth-order valence-corrected chi connectivity index (χ4v) is 3.85. The lowest BCUT2D eigenvalue weighted by atomic mass is 10.2. The van der Waals surface area contributed by atoms with Gasteiger partial charge in [0.05, 0.1) is 11.4 Å². The standard InChI is InChI=1S/C18H21FN6O2S/c1-13-9-14(2)25(24-13)18-10-17(21-12-22-18)20-7-8-23-28(26,27)11-15-5-3-4-6-16(15)19/h3-6,9-10,12,23H,7-8,11H2,1-2H3,(H,20,21,22). The molecule has 1 aromatic carbocycles. The van der Waals surface area contributed by atoms with Gasteiger partial charge in [-0.25, -0.2) is 32.2 Å². The van der Waals surface area contributed by atoms with E-state index in [1.54, 1.807) is 16.8 Å². The van der Waals surface area contributed by atoms with E-state index >= 15 is 0 Å². The Balaban J connectivity index is 1.55. The van der Waals surface area contributed by atoms with E-state index in [4.69, 9.17) is 0 Å². The minimum absolute atomic E-state index is 0.133. The summed E-state index contributed by atoms with van der Waals surface area (Å²) < 4.78 is 42.0. The predicted octanol–water partition coefficient (Wildman–Crippen LogP) is 1.95. The summed E-state index contributed by atoms with van der Waals surface area (Å²) in [5.41, 5.74) is 1.96.